The normalized spacial score (nSPS) is 11.3. The van der Waals surface area contributed by atoms with E-state index in [0.29, 0.717) is 5.56 Å². The predicted molar refractivity (Wildman–Crippen MR) is 83.9 cm³/mol. The molecule has 0 aliphatic heterocycles. The molecule has 2 heteroatoms. The monoisotopic (exact) mass is 276 g/mol. The van der Waals surface area contributed by atoms with Gasteiger partial charge in [0.15, 0.2) is 0 Å². The summed E-state index contributed by atoms with van der Waals surface area (Å²) in [7, 11) is 0. The van der Waals surface area contributed by atoms with Gasteiger partial charge in [0.05, 0.1) is 0 Å². The van der Waals surface area contributed by atoms with Crippen LogP contribution in [0.3, 0.4) is 0 Å². The Morgan fingerprint density at radius 2 is 1.62 bits per heavy atom. The van der Waals surface area contributed by atoms with Crippen LogP contribution in [-0.2, 0) is 0 Å². The Bertz CT molecular complexity index is 966. The van der Waals surface area contributed by atoms with Crippen molar-refractivity contribution >= 4 is 21.7 Å². The van der Waals surface area contributed by atoms with Crippen LogP contribution in [0.1, 0.15) is 5.76 Å². The van der Waals surface area contributed by atoms with Gasteiger partial charge in [0, 0.05) is 16.5 Å². The fourth-order valence-corrected chi connectivity index (χ4v) is 2.97. The van der Waals surface area contributed by atoms with Gasteiger partial charge >= 0.3 is 0 Å². The summed E-state index contributed by atoms with van der Waals surface area (Å²) >= 11 is 0. The average molecular weight is 276 g/mol. The first kappa shape index (κ1) is 12.2. The first-order valence-electron chi connectivity index (χ1n) is 6.91. The van der Waals surface area contributed by atoms with Crippen LogP contribution in [0.2, 0.25) is 0 Å². The third kappa shape index (κ3) is 1.76. The maximum absolute atomic E-state index is 14.2. The zero-order chi connectivity index (χ0) is 14.4. The van der Waals surface area contributed by atoms with Gasteiger partial charge in [-0.15, -0.1) is 0 Å². The first-order chi connectivity index (χ1) is 10.3. The molecule has 102 valence electrons. The van der Waals surface area contributed by atoms with Gasteiger partial charge < -0.3 is 4.42 Å². The van der Waals surface area contributed by atoms with Gasteiger partial charge in [-0.2, -0.15) is 0 Å². The van der Waals surface area contributed by atoms with E-state index < -0.39 is 0 Å². The van der Waals surface area contributed by atoms with E-state index in [1.54, 1.807) is 12.1 Å². The lowest BCUT2D eigenvalue weighted by Gasteiger charge is -2.04. The fourth-order valence-electron chi connectivity index (χ4n) is 2.97. The van der Waals surface area contributed by atoms with Crippen molar-refractivity contribution in [2.24, 2.45) is 0 Å². The molecule has 1 aromatic heterocycles. The standard InChI is InChI=1S/C19H13FO/c1-12-18(15-8-4-5-9-16(15)20)19-14-7-3-2-6-13(14)10-11-17(19)21-12/h2-11H,1H3. The van der Waals surface area contributed by atoms with Gasteiger partial charge in [0.1, 0.15) is 17.2 Å². The van der Waals surface area contributed by atoms with Gasteiger partial charge in [-0.1, -0.05) is 48.5 Å². The molecule has 21 heavy (non-hydrogen) atoms. The molecule has 0 saturated heterocycles. The highest BCUT2D eigenvalue weighted by atomic mass is 19.1. The molecule has 0 fully saturated rings. The number of rotatable bonds is 1. The van der Waals surface area contributed by atoms with E-state index in [-0.39, 0.29) is 5.82 Å². The van der Waals surface area contributed by atoms with Crippen molar-refractivity contribution in [2.45, 2.75) is 6.92 Å². The van der Waals surface area contributed by atoms with E-state index in [1.807, 2.05) is 37.3 Å². The number of hydrogen-bond donors (Lipinski definition) is 0. The van der Waals surface area contributed by atoms with Crippen molar-refractivity contribution in [1.82, 2.24) is 0 Å². The largest absolute Gasteiger partial charge is 0.461 e. The molecule has 0 atom stereocenters. The molecule has 1 heterocycles. The Balaban J connectivity index is 2.21. The van der Waals surface area contributed by atoms with Crippen LogP contribution >= 0.6 is 0 Å². The number of aryl methyl sites for hydroxylation is 1. The van der Waals surface area contributed by atoms with Crippen LogP contribution in [0.25, 0.3) is 32.9 Å². The van der Waals surface area contributed by atoms with E-state index in [0.717, 1.165) is 33.1 Å². The lowest BCUT2D eigenvalue weighted by atomic mass is 9.97. The van der Waals surface area contributed by atoms with Crippen LogP contribution < -0.4 is 0 Å². The third-order valence-corrected chi connectivity index (χ3v) is 3.90. The summed E-state index contributed by atoms with van der Waals surface area (Å²) in [6.45, 7) is 1.89. The summed E-state index contributed by atoms with van der Waals surface area (Å²) < 4.78 is 20.1. The highest BCUT2D eigenvalue weighted by Gasteiger charge is 2.17. The highest BCUT2D eigenvalue weighted by molar-refractivity contribution is 6.13. The molecule has 4 aromatic rings. The maximum atomic E-state index is 14.2. The smallest absolute Gasteiger partial charge is 0.135 e. The second kappa shape index (κ2) is 4.45. The molecule has 0 amide bonds. The Morgan fingerprint density at radius 1 is 0.857 bits per heavy atom. The Hall–Kier alpha value is -2.61. The van der Waals surface area contributed by atoms with Crippen molar-refractivity contribution in [2.75, 3.05) is 0 Å². The van der Waals surface area contributed by atoms with Crippen molar-refractivity contribution in [3.8, 4) is 11.1 Å². The summed E-state index contributed by atoms with van der Waals surface area (Å²) in [5.41, 5.74) is 2.23. The summed E-state index contributed by atoms with van der Waals surface area (Å²) in [6.07, 6.45) is 0. The highest BCUT2D eigenvalue weighted by Crippen LogP contribution is 2.39. The molecule has 0 radical (unpaired) electrons. The zero-order valence-corrected chi connectivity index (χ0v) is 11.6. The maximum Gasteiger partial charge on any atom is 0.135 e. The lowest BCUT2D eigenvalue weighted by molar-refractivity contribution is 0.578. The van der Waals surface area contributed by atoms with E-state index in [4.69, 9.17) is 4.42 Å². The molecule has 4 rings (SSSR count). The summed E-state index contributed by atoms with van der Waals surface area (Å²) in [5.74, 6) is 0.516. The molecule has 0 unspecified atom stereocenters. The molecule has 0 aliphatic carbocycles. The summed E-state index contributed by atoms with van der Waals surface area (Å²) in [4.78, 5) is 0. The van der Waals surface area contributed by atoms with E-state index in [9.17, 15) is 4.39 Å². The minimum atomic E-state index is -0.226. The minimum Gasteiger partial charge on any atom is -0.461 e. The Labute approximate surface area is 121 Å². The molecule has 1 nitrogen and oxygen atoms in total. The van der Waals surface area contributed by atoms with Crippen LogP contribution in [-0.4, -0.2) is 0 Å². The molecule has 0 saturated carbocycles. The number of halogens is 1. The second-order valence-electron chi connectivity index (χ2n) is 5.17. The number of hydrogen-bond acceptors (Lipinski definition) is 1. The fraction of sp³-hybridized carbons (Fsp3) is 0.0526. The molecule has 3 aromatic carbocycles. The van der Waals surface area contributed by atoms with E-state index in [1.165, 1.54) is 6.07 Å². The van der Waals surface area contributed by atoms with E-state index in [2.05, 4.69) is 12.1 Å². The first-order valence-corrected chi connectivity index (χ1v) is 6.91. The topological polar surface area (TPSA) is 13.1 Å². The van der Waals surface area contributed by atoms with Gasteiger partial charge in [0.25, 0.3) is 0 Å². The third-order valence-electron chi connectivity index (χ3n) is 3.90. The molecular formula is C19H13FO. The molecule has 0 bridgehead atoms. The van der Waals surface area contributed by atoms with Crippen molar-refractivity contribution in [1.29, 1.82) is 0 Å². The van der Waals surface area contributed by atoms with Crippen LogP contribution in [0.5, 0.6) is 0 Å². The number of benzene rings is 3. The van der Waals surface area contributed by atoms with Gasteiger partial charge in [-0.3, -0.25) is 0 Å². The van der Waals surface area contributed by atoms with Crippen molar-refractivity contribution in [3.05, 3.63) is 72.2 Å². The van der Waals surface area contributed by atoms with Gasteiger partial charge in [-0.25, -0.2) is 4.39 Å². The lowest BCUT2D eigenvalue weighted by Crippen LogP contribution is -1.85. The van der Waals surface area contributed by atoms with Crippen LogP contribution in [0.4, 0.5) is 4.39 Å². The molecular weight excluding hydrogens is 263 g/mol. The number of fused-ring (bicyclic) bond motifs is 3. The Kier molecular flexibility index (Phi) is 2.58. The molecule has 0 N–H and O–H groups in total. The average Bonchev–Trinajstić information content (AvgIpc) is 2.84. The molecule has 0 aliphatic rings. The van der Waals surface area contributed by atoms with Crippen LogP contribution in [0, 0.1) is 12.7 Å². The quantitative estimate of drug-likeness (QED) is 0.434. The second-order valence-corrected chi connectivity index (χ2v) is 5.17. The van der Waals surface area contributed by atoms with Gasteiger partial charge in [-0.05, 0) is 29.8 Å². The molecule has 0 spiro atoms. The zero-order valence-electron chi connectivity index (χ0n) is 11.6. The Morgan fingerprint density at radius 3 is 2.48 bits per heavy atom. The predicted octanol–water partition coefficient (Wildman–Crippen LogP) is 5.70. The number of furan rings is 1. The summed E-state index contributed by atoms with van der Waals surface area (Å²) in [5, 5.41) is 3.20. The summed E-state index contributed by atoms with van der Waals surface area (Å²) in [6, 6.07) is 18.9. The van der Waals surface area contributed by atoms with Crippen LogP contribution in [0.15, 0.2) is 65.1 Å². The van der Waals surface area contributed by atoms with Crippen molar-refractivity contribution < 1.29 is 8.81 Å². The minimum absolute atomic E-state index is 0.226. The SMILES string of the molecule is Cc1oc2ccc3ccccc3c2c1-c1ccccc1F. The van der Waals surface area contributed by atoms with Gasteiger partial charge in [0.2, 0.25) is 0 Å². The van der Waals surface area contributed by atoms with Crippen molar-refractivity contribution in [3.63, 3.8) is 0 Å². The van der Waals surface area contributed by atoms with E-state index >= 15 is 0 Å².